The summed E-state index contributed by atoms with van der Waals surface area (Å²) in [5.74, 6) is 0.876. The van der Waals surface area contributed by atoms with Gasteiger partial charge in [-0.05, 0) is 42.8 Å². The maximum absolute atomic E-state index is 12.9. The van der Waals surface area contributed by atoms with Gasteiger partial charge in [-0.3, -0.25) is 4.79 Å². The van der Waals surface area contributed by atoms with Crippen molar-refractivity contribution in [2.45, 2.75) is 13.0 Å². The molecular formula is C20H14N2O2S. The summed E-state index contributed by atoms with van der Waals surface area (Å²) >= 11 is 1.41. The summed E-state index contributed by atoms with van der Waals surface area (Å²) in [5.41, 5.74) is 3.70. The van der Waals surface area contributed by atoms with E-state index in [1.165, 1.54) is 11.3 Å². The van der Waals surface area contributed by atoms with Crippen molar-refractivity contribution in [2.75, 3.05) is 0 Å². The number of thiazole rings is 1. The summed E-state index contributed by atoms with van der Waals surface area (Å²) in [6.45, 7) is 2.00. The molecule has 0 radical (unpaired) electrons. The molecule has 0 amide bonds. The van der Waals surface area contributed by atoms with E-state index in [4.69, 9.17) is 4.74 Å². The van der Waals surface area contributed by atoms with Gasteiger partial charge in [-0.2, -0.15) is 0 Å². The predicted octanol–water partition coefficient (Wildman–Crippen LogP) is 3.27. The number of para-hydroxylation sites is 3. The Bertz CT molecular complexity index is 1270. The molecule has 1 atom stereocenters. The van der Waals surface area contributed by atoms with Crippen molar-refractivity contribution in [3.05, 3.63) is 74.6 Å². The van der Waals surface area contributed by atoms with Crippen LogP contribution in [-0.2, 0) is 0 Å². The predicted molar refractivity (Wildman–Crippen MR) is 101 cm³/mol. The molecule has 0 saturated heterocycles. The van der Waals surface area contributed by atoms with Gasteiger partial charge in [0.15, 0.2) is 4.96 Å². The minimum Gasteiger partial charge on any atom is -0.485 e. The minimum atomic E-state index is -0.0968. The van der Waals surface area contributed by atoms with Crippen LogP contribution < -0.4 is 14.8 Å². The molecule has 0 saturated carbocycles. The normalized spacial score (nSPS) is 17.6. The van der Waals surface area contributed by atoms with Gasteiger partial charge < -0.3 is 4.74 Å². The van der Waals surface area contributed by atoms with E-state index in [9.17, 15) is 4.79 Å². The molecule has 2 aromatic carbocycles. The van der Waals surface area contributed by atoms with Gasteiger partial charge in [0.2, 0.25) is 0 Å². The number of aromatic nitrogens is 2. The molecule has 1 aliphatic rings. The smallest absolute Gasteiger partial charge is 0.274 e. The third-order valence-electron chi connectivity index (χ3n) is 4.46. The van der Waals surface area contributed by atoms with Crippen LogP contribution in [0.5, 0.6) is 5.75 Å². The summed E-state index contributed by atoms with van der Waals surface area (Å²) < 4.78 is 8.33. The number of ether oxygens (including phenoxy) is 1. The van der Waals surface area contributed by atoms with Gasteiger partial charge in [0.25, 0.3) is 5.56 Å². The van der Waals surface area contributed by atoms with E-state index in [0.29, 0.717) is 4.53 Å². The molecule has 0 fully saturated rings. The highest BCUT2D eigenvalue weighted by Crippen LogP contribution is 2.29. The van der Waals surface area contributed by atoms with Crippen molar-refractivity contribution in [1.29, 1.82) is 0 Å². The second-order valence-electron chi connectivity index (χ2n) is 6.08. The second kappa shape index (κ2) is 5.29. The molecule has 0 N–H and O–H groups in total. The lowest BCUT2D eigenvalue weighted by Gasteiger charge is -2.22. The highest BCUT2D eigenvalue weighted by molar-refractivity contribution is 7.15. The van der Waals surface area contributed by atoms with Crippen LogP contribution in [0.1, 0.15) is 12.5 Å². The fourth-order valence-electron chi connectivity index (χ4n) is 3.18. The van der Waals surface area contributed by atoms with Crippen LogP contribution in [0.2, 0.25) is 0 Å². The Hall–Kier alpha value is -2.92. The first-order chi connectivity index (χ1) is 12.2. The number of nitrogens with zero attached hydrogens (tertiary/aromatic N) is 2. The first-order valence-electron chi connectivity index (χ1n) is 8.10. The molecule has 0 bridgehead atoms. The van der Waals surface area contributed by atoms with Crippen molar-refractivity contribution in [1.82, 2.24) is 9.38 Å². The molecule has 4 nitrogen and oxygen atoms in total. The third-order valence-corrected chi connectivity index (χ3v) is 5.43. The first-order valence-corrected chi connectivity index (χ1v) is 8.91. The van der Waals surface area contributed by atoms with Crippen LogP contribution in [-0.4, -0.2) is 15.5 Å². The van der Waals surface area contributed by atoms with Gasteiger partial charge in [0.05, 0.1) is 15.6 Å². The molecule has 3 heterocycles. The van der Waals surface area contributed by atoms with Gasteiger partial charge in [-0.25, -0.2) is 9.38 Å². The molecule has 25 heavy (non-hydrogen) atoms. The van der Waals surface area contributed by atoms with Crippen molar-refractivity contribution >= 4 is 39.5 Å². The molecule has 1 aliphatic heterocycles. The van der Waals surface area contributed by atoms with E-state index >= 15 is 0 Å². The zero-order valence-electron chi connectivity index (χ0n) is 13.5. The van der Waals surface area contributed by atoms with Gasteiger partial charge in [-0.15, -0.1) is 0 Å². The monoisotopic (exact) mass is 346 g/mol. The molecule has 2 aromatic heterocycles. The fraction of sp³-hybridized carbons (Fsp3) is 0.100. The van der Waals surface area contributed by atoms with Gasteiger partial charge >= 0.3 is 0 Å². The van der Waals surface area contributed by atoms with Crippen molar-refractivity contribution < 1.29 is 4.74 Å². The summed E-state index contributed by atoms with van der Waals surface area (Å²) in [4.78, 5) is 18.1. The number of imidazole rings is 1. The average molecular weight is 346 g/mol. The van der Waals surface area contributed by atoms with Crippen molar-refractivity contribution in [2.24, 2.45) is 0 Å². The maximum Gasteiger partial charge on any atom is 0.274 e. The maximum atomic E-state index is 12.9. The highest BCUT2D eigenvalue weighted by Gasteiger charge is 2.18. The number of benzene rings is 2. The van der Waals surface area contributed by atoms with E-state index in [1.807, 2.05) is 61.5 Å². The molecular weight excluding hydrogens is 332 g/mol. The Kier molecular flexibility index (Phi) is 3.05. The lowest BCUT2D eigenvalue weighted by atomic mass is 10.0. The Balaban J connectivity index is 1.72. The van der Waals surface area contributed by atoms with E-state index in [2.05, 4.69) is 11.1 Å². The van der Waals surface area contributed by atoms with E-state index in [-0.39, 0.29) is 11.7 Å². The Morgan fingerprint density at radius 2 is 1.96 bits per heavy atom. The van der Waals surface area contributed by atoms with Gasteiger partial charge in [-0.1, -0.05) is 41.7 Å². The first kappa shape index (κ1) is 14.4. The molecule has 4 aromatic rings. The zero-order chi connectivity index (χ0) is 17.0. The summed E-state index contributed by atoms with van der Waals surface area (Å²) in [7, 11) is 0. The lowest BCUT2D eigenvalue weighted by molar-refractivity contribution is 0.259. The zero-order valence-corrected chi connectivity index (χ0v) is 14.3. The van der Waals surface area contributed by atoms with Crippen LogP contribution in [0.4, 0.5) is 0 Å². The third kappa shape index (κ3) is 2.20. The fourth-order valence-corrected chi connectivity index (χ4v) is 4.17. The second-order valence-corrected chi connectivity index (χ2v) is 7.09. The van der Waals surface area contributed by atoms with Gasteiger partial charge in [0, 0.05) is 5.56 Å². The van der Waals surface area contributed by atoms with Crippen LogP contribution in [0.25, 0.3) is 28.1 Å². The molecule has 5 rings (SSSR count). The lowest BCUT2D eigenvalue weighted by Crippen LogP contribution is -2.25. The Morgan fingerprint density at radius 3 is 2.88 bits per heavy atom. The largest absolute Gasteiger partial charge is 0.485 e. The number of hydrogen-bond acceptors (Lipinski definition) is 4. The molecule has 122 valence electrons. The summed E-state index contributed by atoms with van der Waals surface area (Å²) in [5, 5.41) is 0. The van der Waals surface area contributed by atoms with E-state index < -0.39 is 0 Å². The average Bonchev–Trinajstić information content (AvgIpc) is 3.12. The standard InChI is InChI=1S/C20H14N2O2S/c1-12-14(10-13-6-2-5-9-17(13)24-12)11-18-19(23)22-16-8-4-3-7-15(16)21-20(22)25-18/h2-12H,1H3/b18-11+/t12-/m1/s1. The molecule has 0 spiro atoms. The summed E-state index contributed by atoms with van der Waals surface area (Å²) in [6, 6.07) is 15.6. The topological polar surface area (TPSA) is 43.6 Å². The van der Waals surface area contributed by atoms with E-state index in [0.717, 1.165) is 32.9 Å². The van der Waals surface area contributed by atoms with E-state index in [1.54, 1.807) is 4.40 Å². The number of hydrogen-bond donors (Lipinski definition) is 0. The minimum absolute atomic E-state index is 0.0272. The molecule has 5 heteroatoms. The molecule has 0 unspecified atom stereocenters. The summed E-state index contributed by atoms with van der Waals surface area (Å²) in [6.07, 6.45) is 3.92. The van der Waals surface area contributed by atoms with Crippen LogP contribution in [0, 0.1) is 0 Å². The van der Waals surface area contributed by atoms with Crippen LogP contribution >= 0.6 is 11.3 Å². The number of rotatable bonds is 1. The van der Waals surface area contributed by atoms with Crippen molar-refractivity contribution in [3.63, 3.8) is 0 Å². The van der Waals surface area contributed by atoms with Gasteiger partial charge in [0.1, 0.15) is 11.9 Å². The molecule has 0 aliphatic carbocycles. The van der Waals surface area contributed by atoms with Crippen molar-refractivity contribution in [3.8, 4) is 5.75 Å². The van der Waals surface area contributed by atoms with Crippen LogP contribution in [0.15, 0.2) is 58.9 Å². The van der Waals surface area contributed by atoms with Crippen LogP contribution in [0.3, 0.4) is 0 Å². The Labute approximate surface area is 147 Å². The highest BCUT2D eigenvalue weighted by atomic mass is 32.1. The Morgan fingerprint density at radius 1 is 1.16 bits per heavy atom. The quantitative estimate of drug-likeness (QED) is 0.531. The number of fused-ring (bicyclic) bond motifs is 4. The SMILES string of the molecule is C[C@H]1Oc2ccccc2C=C1/C=c1/sc2nc3ccccc3n2c1=O.